The second kappa shape index (κ2) is 6.27. The molecular weight excluding hydrogens is 269 g/mol. The van der Waals surface area contributed by atoms with Crippen molar-refractivity contribution < 1.29 is 13.9 Å². The number of nitrogens with zero attached hydrogens (tertiary/aromatic N) is 1. The minimum Gasteiger partial charge on any atom is -0.497 e. The van der Waals surface area contributed by atoms with Gasteiger partial charge in [-0.2, -0.15) is 5.26 Å². The van der Waals surface area contributed by atoms with E-state index in [4.69, 9.17) is 9.47 Å². The molecule has 108 valence electrons. The molecule has 2 aromatic carbocycles. The molecule has 0 aliphatic carbocycles. The van der Waals surface area contributed by atoms with E-state index >= 15 is 0 Å². The summed E-state index contributed by atoms with van der Waals surface area (Å²) in [5, 5.41) is 9.22. The first-order valence-corrected chi connectivity index (χ1v) is 6.60. The summed E-state index contributed by atoms with van der Waals surface area (Å²) >= 11 is 0. The van der Waals surface area contributed by atoms with Crippen molar-refractivity contribution in [1.82, 2.24) is 0 Å². The van der Waals surface area contributed by atoms with Crippen LogP contribution in [0, 0.1) is 17.1 Å². The highest BCUT2D eigenvalue weighted by Gasteiger charge is 2.11. The maximum atomic E-state index is 14.0. The van der Waals surface area contributed by atoms with Crippen LogP contribution in [0.15, 0.2) is 36.4 Å². The van der Waals surface area contributed by atoms with Crippen LogP contribution in [0.2, 0.25) is 0 Å². The molecule has 2 aromatic rings. The highest BCUT2D eigenvalue weighted by molar-refractivity contribution is 5.69. The quantitative estimate of drug-likeness (QED) is 0.847. The Labute approximate surface area is 123 Å². The van der Waals surface area contributed by atoms with Gasteiger partial charge in [0.15, 0.2) is 0 Å². The Morgan fingerprint density at radius 1 is 1.14 bits per heavy atom. The number of methoxy groups -OCH3 is 1. The molecule has 0 unspecified atom stereocenters. The summed E-state index contributed by atoms with van der Waals surface area (Å²) in [4.78, 5) is 0. The molecule has 3 nitrogen and oxygen atoms in total. The lowest BCUT2D eigenvalue weighted by molar-refractivity contribution is 0.242. The second-order valence-corrected chi connectivity index (χ2v) is 4.84. The van der Waals surface area contributed by atoms with Crippen molar-refractivity contribution in [1.29, 1.82) is 5.26 Å². The van der Waals surface area contributed by atoms with Crippen LogP contribution in [0.25, 0.3) is 11.1 Å². The number of hydrogen-bond donors (Lipinski definition) is 0. The Kier molecular flexibility index (Phi) is 4.44. The van der Waals surface area contributed by atoms with Crippen LogP contribution in [0.1, 0.15) is 19.4 Å². The fourth-order valence-electron chi connectivity index (χ4n) is 1.99. The molecule has 0 N–H and O–H groups in total. The standard InChI is InChI=1S/C17H16FNO2/c1-11(2)21-17-7-4-12(8-13(17)10-19)15-9-14(20-3)5-6-16(15)18/h4-9,11H,1-3H3. The van der Waals surface area contributed by atoms with Gasteiger partial charge in [0, 0.05) is 5.56 Å². The Balaban J connectivity index is 2.49. The number of rotatable bonds is 4. The third-order valence-electron chi connectivity index (χ3n) is 2.95. The van der Waals surface area contributed by atoms with Crippen molar-refractivity contribution in [3.05, 3.63) is 47.8 Å². The minimum atomic E-state index is -0.364. The third kappa shape index (κ3) is 3.32. The van der Waals surface area contributed by atoms with Gasteiger partial charge in [0.25, 0.3) is 0 Å². The molecule has 0 saturated carbocycles. The lowest BCUT2D eigenvalue weighted by Gasteiger charge is -2.13. The van der Waals surface area contributed by atoms with Gasteiger partial charge < -0.3 is 9.47 Å². The molecule has 0 aliphatic rings. The SMILES string of the molecule is COc1ccc(F)c(-c2ccc(OC(C)C)c(C#N)c2)c1. The minimum absolute atomic E-state index is 0.0310. The van der Waals surface area contributed by atoms with Gasteiger partial charge in [-0.15, -0.1) is 0 Å². The van der Waals surface area contributed by atoms with Gasteiger partial charge in [-0.05, 0) is 49.7 Å². The summed E-state index contributed by atoms with van der Waals surface area (Å²) in [5.41, 5.74) is 1.38. The van der Waals surface area contributed by atoms with E-state index in [9.17, 15) is 9.65 Å². The topological polar surface area (TPSA) is 42.2 Å². The van der Waals surface area contributed by atoms with Crippen molar-refractivity contribution in [2.45, 2.75) is 20.0 Å². The van der Waals surface area contributed by atoms with E-state index in [1.165, 1.54) is 13.2 Å². The van der Waals surface area contributed by atoms with Crippen molar-refractivity contribution in [3.63, 3.8) is 0 Å². The molecular formula is C17H16FNO2. The first-order chi connectivity index (χ1) is 10.0. The van der Waals surface area contributed by atoms with E-state index in [0.717, 1.165) is 0 Å². The van der Waals surface area contributed by atoms with Crippen molar-refractivity contribution in [2.24, 2.45) is 0 Å². The fourth-order valence-corrected chi connectivity index (χ4v) is 1.99. The smallest absolute Gasteiger partial charge is 0.137 e. The van der Waals surface area contributed by atoms with Gasteiger partial charge in [0.2, 0.25) is 0 Å². The van der Waals surface area contributed by atoms with E-state index in [1.54, 1.807) is 30.3 Å². The summed E-state index contributed by atoms with van der Waals surface area (Å²) in [6.45, 7) is 3.77. The molecule has 0 aliphatic heterocycles. The summed E-state index contributed by atoms with van der Waals surface area (Å²) in [7, 11) is 1.53. The summed E-state index contributed by atoms with van der Waals surface area (Å²) in [5.74, 6) is 0.698. The van der Waals surface area contributed by atoms with Crippen molar-refractivity contribution >= 4 is 0 Å². The Hall–Kier alpha value is -2.54. The summed E-state index contributed by atoms with van der Waals surface area (Å²) in [6, 6.07) is 11.6. The molecule has 2 rings (SSSR count). The Bertz CT molecular complexity index is 690. The maximum Gasteiger partial charge on any atom is 0.137 e. The zero-order chi connectivity index (χ0) is 15.4. The molecule has 0 saturated heterocycles. The zero-order valence-electron chi connectivity index (χ0n) is 12.2. The number of hydrogen-bond acceptors (Lipinski definition) is 3. The summed E-state index contributed by atoms with van der Waals surface area (Å²) < 4.78 is 24.6. The fraction of sp³-hybridized carbons (Fsp3) is 0.235. The number of halogens is 1. The molecule has 0 bridgehead atoms. The van der Waals surface area contributed by atoms with E-state index in [-0.39, 0.29) is 11.9 Å². The van der Waals surface area contributed by atoms with Crippen LogP contribution < -0.4 is 9.47 Å². The Morgan fingerprint density at radius 2 is 1.90 bits per heavy atom. The normalized spacial score (nSPS) is 10.3. The molecule has 0 atom stereocenters. The van der Waals surface area contributed by atoms with E-state index < -0.39 is 0 Å². The summed E-state index contributed by atoms with van der Waals surface area (Å²) in [6.07, 6.45) is -0.0310. The second-order valence-electron chi connectivity index (χ2n) is 4.84. The highest BCUT2D eigenvalue weighted by atomic mass is 19.1. The predicted octanol–water partition coefficient (Wildman–Crippen LogP) is 4.16. The van der Waals surface area contributed by atoms with Gasteiger partial charge in [-0.3, -0.25) is 0 Å². The molecule has 21 heavy (non-hydrogen) atoms. The van der Waals surface area contributed by atoms with Crippen LogP contribution in [0.5, 0.6) is 11.5 Å². The highest BCUT2D eigenvalue weighted by Crippen LogP contribution is 2.31. The molecule has 4 heteroatoms. The first kappa shape index (κ1) is 14.9. The van der Waals surface area contributed by atoms with Crippen LogP contribution in [0.3, 0.4) is 0 Å². The molecule has 0 aromatic heterocycles. The van der Waals surface area contributed by atoms with E-state index in [2.05, 4.69) is 6.07 Å². The number of nitriles is 1. The molecule has 0 amide bonds. The largest absolute Gasteiger partial charge is 0.497 e. The van der Waals surface area contributed by atoms with Gasteiger partial charge in [-0.25, -0.2) is 4.39 Å². The molecule has 0 spiro atoms. The van der Waals surface area contributed by atoms with Crippen LogP contribution in [0.4, 0.5) is 4.39 Å². The van der Waals surface area contributed by atoms with Gasteiger partial charge >= 0.3 is 0 Å². The van der Waals surface area contributed by atoms with Gasteiger partial charge in [0.05, 0.1) is 18.8 Å². The molecule has 0 heterocycles. The third-order valence-corrected chi connectivity index (χ3v) is 2.95. The monoisotopic (exact) mass is 285 g/mol. The lowest BCUT2D eigenvalue weighted by Crippen LogP contribution is -2.06. The Morgan fingerprint density at radius 3 is 2.52 bits per heavy atom. The van der Waals surface area contributed by atoms with Gasteiger partial charge in [0.1, 0.15) is 23.4 Å². The van der Waals surface area contributed by atoms with Crippen LogP contribution >= 0.6 is 0 Å². The molecule has 0 radical (unpaired) electrons. The lowest BCUT2D eigenvalue weighted by atomic mass is 10.0. The molecule has 0 fully saturated rings. The van der Waals surface area contributed by atoms with Gasteiger partial charge in [-0.1, -0.05) is 6.07 Å². The average molecular weight is 285 g/mol. The van der Waals surface area contributed by atoms with Crippen LogP contribution in [-0.2, 0) is 0 Å². The van der Waals surface area contributed by atoms with E-state index in [0.29, 0.717) is 28.2 Å². The number of benzene rings is 2. The van der Waals surface area contributed by atoms with Crippen LogP contribution in [-0.4, -0.2) is 13.2 Å². The zero-order valence-corrected chi connectivity index (χ0v) is 12.2. The first-order valence-electron chi connectivity index (χ1n) is 6.60. The number of ether oxygens (including phenoxy) is 2. The average Bonchev–Trinajstić information content (AvgIpc) is 2.48. The van der Waals surface area contributed by atoms with Crippen molar-refractivity contribution in [2.75, 3.05) is 7.11 Å². The van der Waals surface area contributed by atoms with Crippen molar-refractivity contribution in [3.8, 4) is 28.7 Å². The maximum absolute atomic E-state index is 14.0. The predicted molar refractivity (Wildman–Crippen MR) is 78.9 cm³/mol. The van der Waals surface area contributed by atoms with E-state index in [1.807, 2.05) is 13.8 Å².